The zero-order valence-corrected chi connectivity index (χ0v) is 13.4. The Morgan fingerprint density at radius 3 is 2.95 bits per heavy atom. The molecule has 1 aromatic rings. The van der Waals surface area contributed by atoms with Crippen LogP contribution in [0, 0.1) is 0 Å². The third kappa shape index (κ3) is 3.03. The molecule has 0 radical (unpaired) electrons. The van der Waals surface area contributed by atoms with Crippen molar-refractivity contribution in [2.24, 2.45) is 0 Å². The zero-order chi connectivity index (χ0) is 15.6. The molecule has 0 bridgehead atoms. The Balaban J connectivity index is 1.76. The Bertz CT molecular complexity index is 657. The summed E-state index contributed by atoms with van der Waals surface area (Å²) in [5.74, 6) is 0.437. The number of amides is 1. The summed E-state index contributed by atoms with van der Waals surface area (Å²) in [6.45, 7) is 1.50. The highest BCUT2D eigenvalue weighted by Crippen LogP contribution is 2.39. The predicted octanol–water partition coefficient (Wildman–Crippen LogP) is 1.39. The van der Waals surface area contributed by atoms with Gasteiger partial charge in [0.15, 0.2) is 0 Å². The Kier molecular flexibility index (Phi) is 4.49. The average Bonchev–Trinajstić information content (AvgIpc) is 2.52. The number of benzene rings is 1. The topological polar surface area (TPSA) is 66.5 Å². The molecule has 1 amide bonds. The van der Waals surface area contributed by atoms with Gasteiger partial charge in [-0.15, -0.1) is 0 Å². The van der Waals surface area contributed by atoms with Crippen LogP contribution in [0.2, 0.25) is 0 Å². The van der Waals surface area contributed by atoms with Gasteiger partial charge in [-0.25, -0.2) is 8.42 Å². The number of hydrogen-bond acceptors (Lipinski definition) is 3. The van der Waals surface area contributed by atoms with Crippen LogP contribution in [0.15, 0.2) is 18.2 Å². The number of sulfonamides is 1. The summed E-state index contributed by atoms with van der Waals surface area (Å²) >= 11 is 0. The monoisotopic (exact) mass is 322 g/mol. The number of rotatable bonds is 6. The third-order valence-corrected chi connectivity index (χ3v) is 6.53. The smallest absolute Gasteiger partial charge is 0.214 e. The maximum absolute atomic E-state index is 12.5. The molecule has 22 heavy (non-hydrogen) atoms. The molecule has 1 N–H and O–H groups in total. The summed E-state index contributed by atoms with van der Waals surface area (Å²) in [6.07, 6.45) is 4.38. The Hall–Kier alpha value is -1.40. The maximum atomic E-state index is 12.5. The molecule has 1 atom stereocenters. The number of carbonyl (C=O) groups excluding carboxylic acids is 1. The van der Waals surface area contributed by atoms with E-state index in [9.17, 15) is 13.2 Å². The molecule has 1 aliphatic heterocycles. The second-order valence-corrected chi connectivity index (χ2v) is 8.20. The largest absolute Gasteiger partial charge is 0.359 e. The van der Waals surface area contributed by atoms with Gasteiger partial charge >= 0.3 is 0 Å². The van der Waals surface area contributed by atoms with Crippen LogP contribution in [0.25, 0.3) is 0 Å². The molecule has 1 aliphatic carbocycles. The molecule has 0 spiro atoms. The lowest BCUT2D eigenvalue weighted by molar-refractivity contribution is -0.109. The molecule has 120 valence electrons. The van der Waals surface area contributed by atoms with Crippen LogP contribution in [0.1, 0.15) is 41.9 Å². The van der Waals surface area contributed by atoms with Crippen LogP contribution < -0.4 is 5.32 Å². The lowest BCUT2D eigenvalue weighted by Gasteiger charge is -2.37. The van der Waals surface area contributed by atoms with Gasteiger partial charge in [-0.3, -0.25) is 4.79 Å². The standard InChI is InChI=1S/C16H22N2O3S/c19-12-17-8-3-9-22(20,21)18-10-14-6-1-4-13-5-2-7-15(11-18)16(13)14/h1,4,6,12,15H,2-3,5,7-11H2,(H,17,19). The van der Waals surface area contributed by atoms with Gasteiger partial charge in [-0.1, -0.05) is 18.2 Å². The van der Waals surface area contributed by atoms with E-state index < -0.39 is 10.0 Å². The minimum atomic E-state index is -3.26. The van der Waals surface area contributed by atoms with Crippen molar-refractivity contribution in [1.29, 1.82) is 0 Å². The minimum Gasteiger partial charge on any atom is -0.359 e. The molecule has 0 aromatic heterocycles. The Labute approximate surface area is 131 Å². The van der Waals surface area contributed by atoms with Crippen molar-refractivity contribution in [3.05, 3.63) is 34.9 Å². The predicted molar refractivity (Wildman–Crippen MR) is 85.0 cm³/mol. The summed E-state index contributed by atoms with van der Waals surface area (Å²) in [5.41, 5.74) is 3.98. The molecule has 0 fully saturated rings. The summed E-state index contributed by atoms with van der Waals surface area (Å²) < 4.78 is 26.7. The Morgan fingerprint density at radius 2 is 2.14 bits per heavy atom. The van der Waals surface area contributed by atoms with E-state index in [1.54, 1.807) is 4.31 Å². The quantitative estimate of drug-likeness (QED) is 0.636. The lowest BCUT2D eigenvalue weighted by atomic mass is 9.78. The number of nitrogens with one attached hydrogen (secondary N) is 1. The fourth-order valence-electron chi connectivity index (χ4n) is 3.67. The second kappa shape index (κ2) is 6.38. The van der Waals surface area contributed by atoms with Gasteiger partial charge in [-0.05, 0) is 48.3 Å². The third-order valence-electron chi connectivity index (χ3n) is 4.66. The highest BCUT2D eigenvalue weighted by molar-refractivity contribution is 7.89. The van der Waals surface area contributed by atoms with Gasteiger partial charge in [0.2, 0.25) is 16.4 Å². The SMILES string of the molecule is O=CNCCCS(=O)(=O)N1Cc2cccc3c2C(CCC3)C1. The lowest BCUT2D eigenvalue weighted by Crippen LogP contribution is -2.41. The first kappa shape index (κ1) is 15.5. The molecule has 5 nitrogen and oxygen atoms in total. The van der Waals surface area contributed by atoms with Crippen molar-refractivity contribution in [2.45, 2.75) is 38.1 Å². The molecule has 1 aromatic carbocycles. The highest BCUT2D eigenvalue weighted by Gasteiger charge is 2.34. The number of aryl methyl sites for hydroxylation is 1. The van der Waals surface area contributed by atoms with Crippen molar-refractivity contribution < 1.29 is 13.2 Å². The fourth-order valence-corrected chi connectivity index (χ4v) is 5.18. The summed E-state index contributed by atoms with van der Waals surface area (Å²) in [5, 5.41) is 2.51. The molecule has 1 heterocycles. The molecule has 3 rings (SSSR count). The van der Waals surface area contributed by atoms with E-state index in [1.807, 2.05) is 6.07 Å². The van der Waals surface area contributed by atoms with E-state index in [-0.39, 0.29) is 5.75 Å². The normalized spacial score (nSPS) is 21.2. The molecular weight excluding hydrogens is 300 g/mol. The van der Waals surface area contributed by atoms with Crippen molar-refractivity contribution in [3.8, 4) is 0 Å². The molecule has 2 aliphatic rings. The van der Waals surface area contributed by atoms with E-state index in [0.29, 0.717) is 38.4 Å². The van der Waals surface area contributed by atoms with E-state index in [4.69, 9.17) is 0 Å². The van der Waals surface area contributed by atoms with Crippen LogP contribution in [-0.4, -0.2) is 38.0 Å². The molecule has 0 saturated heterocycles. The Morgan fingerprint density at radius 1 is 1.32 bits per heavy atom. The van der Waals surface area contributed by atoms with Crippen LogP contribution in [0.4, 0.5) is 0 Å². The van der Waals surface area contributed by atoms with Gasteiger partial charge in [0.1, 0.15) is 0 Å². The molecule has 0 saturated carbocycles. The van der Waals surface area contributed by atoms with E-state index in [1.165, 1.54) is 16.7 Å². The molecule has 1 unspecified atom stereocenters. The first-order chi connectivity index (χ1) is 10.6. The van der Waals surface area contributed by atoms with Gasteiger partial charge in [0.25, 0.3) is 0 Å². The van der Waals surface area contributed by atoms with Crippen LogP contribution in [0.3, 0.4) is 0 Å². The van der Waals surface area contributed by atoms with E-state index in [2.05, 4.69) is 17.4 Å². The second-order valence-electron chi connectivity index (χ2n) is 6.11. The van der Waals surface area contributed by atoms with Crippen LogP contribution >= 0.6 is 0 Å². The van der Waals surface area contributed by atoms with Gasteiger partial charge in [0, 0.05) is 19.6 Å². The van der Waals surface area contributed by atoms with Crippen molar-refractivity contribution in [2.75, 3.05) is 18.8 Å². The first-order valence-corrected chi connectivity index (χ1v) is 9.48. The van der Waals surface area contributed by atoms with Gasteiger partial charge < -0.3 is 5.32 Å². The summed E-state index contributed by atoms with van der Waals surface area (Å²) in [7, 11) is -3.26. The first-order valence-electron chi connectivity index (χ1n) is 7.87. The van der Waals surface area contributed by atoms with Crippen molar-refractivity contribution in [3.63, 3.8) is 0 Å². The van der Waals surface area contributed by atoms with Gasteiger partial charge in [-0.2, -0.15) is 4.31 Å². The zero-order valence-electron chi connectivity index (χ0n) is 12.6. The number of nitrogens with zero attached hydrogens (tertiary/aromatic N) is 1. The highest BCUT2D eigenvalue weighted by atomic mass is 32.2. The number of carbonyl (C=O) groups is 1. The molecule has 6 heteroatoms. The van der Waals surface area contributed by atoms with Crippen LogP contribution in [-0.2, 0) is 27.8 Å². The number of hydrogen-bond donors (Lipinski definition) is 1. The van der Waals surface area contributed by atoms with Gasteiger partial charge in [0.05, 0.1) is 5.75 Å². The summed E-state index contributed by atoms with van der Waals surface area (Å²) in [4.78, 5) is 10.2. The minimum absolute atomic E-state index is 0.0928. The molecular formula is C16H22N2O3S. The van der Waals surface area contributed by atoms with Crippen molar-refractivity contribution in [1.82, 2.24) is 9.62 Å². The summed E-state index contributed by atoms with van der Waals surface area (Å²) in [6, 6.07) is 6.29. The average molecular weight is 322 g/mol. The van der Waals surface area contributed by atoms with E-state index in [0.717, 1.165) is 19.3 Å². The van der Waals surface area contributed by atoms with Crippen molar-refractivity contribution >= 4 is 16.4 Å². The van der Waals surface area contributed by atoms with Crippen LogP contribution in [0.5, 0.6) is 0 Å². The fraction of sp³-hybridized carbons (Fsp3) is 0.562. The van der Waals surface area contributed by atoms with E-state index >= 15 is 0 Å². The maximum Gasteiger partial charge on any atom is 0.214 e.